The summed E-state index contributed by atoms with van der Waals surface area (Å²) in [6, 6.07) is 8.68. The quantitative estimate of drug-likeness (QED) is 0.847. The Balaban J connectivity index is 1.64. The van der Waals surface area contributed by atoms with Crippen molar-refractivity contribution in [3.63, 3.8) is 0 Å². The van der Waals surface area contributed by atoms with Gasteiger partial charge >= 0.3 is 0 Å². The zero-order chi connectivity index (χ0) is 19.2. The highest BCUT2D eigenvalue weighted by molar-refractivity contribution is 5.92. The van der Waals surface area contributed by atoms with E-state index in [1.165, 1.54) is 6.07 Å². The molecule has 0 saturated carbocycles. The molecule has 1 fully saturated rings. The van der Waals surface area contributed by atoms with Crippen LogP contribution >= 0.6 is 0 Å². The number of rotatable bonds is 5. The molecule has 2 aromatic rings. The lowest BCUT2D eigenvalue weighted by Gasteiger charge is -2.20. The Kier molecular flexibility index (Phi) is 6.01. The van der Waals surface area contributed by atoms with Crippen molar-refractivity contribution in [2.75, 3.05) is 18.4 Å². The number of aromatic amines is 1. The van der Waals surface area contributed by atoms with Crippen molar-refractivity contribution in [2.24, 2.45) is 0 Å². The second-order valence-electron chi connectivity index (χ2n) is 6.83. The summed E-state index contributed by atoms with van der Waals surface area (Å²) in [6.07, 6.45) is 3.85. The third kappa shape index (κ3) is 5.03. The number of anilines is 1. The number of nitrogens with one attached hydrogen (secondary N) is 2. The molecule has 0 radical (unpaired) electrons. The summed E-state index contributed by atoms with van der Waals surface area (Å²) in [5, 5.41) is 9.35. The molecule has 0 bridgehead atoms. The standard InChI is InChI=1S/C20H24N4O3/c1-14-6-7-15(16-8-9-19(26)23-22-16)13-17(14)21-18(25)10-12-24-11-4-2-3-5-20(24)27/h6-9,13H,2-5,10-12H2,1H3,(H,21,25)(H,23,26). The third-order valence-corrected chi connectivity index (χ3v) is 4.77. The molecule has 0 unspecified atom stereocenters. The molecule has 1 aliphatic heterocycles. The molecule has 1 aromatic carbocycles. The fourth-order valence-corrected chi connectivity index (χ4v) is 3.15. The Bertz CT molecular complexity index is 871. The van der Waals surface area contributed by atoms with E-state index in [1.54, 1.807) is 11.0 Å². The smallest absolute Gasteiger partial charge is 0.264 e. The maximum Gasteiger partial charge on any atom is 0.264 e. The van der Waals surface area contributed by atoms with Crippen molar-refractivity contribution in [3.8, 4) is 11.3 Å². The highest BCUT2D eigenvalue weighted by Crippen LogP contribution is 2.23. The van der Waals surface area contributed by atoms with Gasteiger partial charge in [-0.25, -0.2) is 5.10 Å². The van der Waals surface area contributed by atoms with E-state index >= 15 is 0 Å². The van der Waals surface area contributed by atoms with Gasteiger partial charge < -0.3 is 10.2 Å². The number of nitrogens with zero attached hydrogens (tertiary/aromatic N) is 2. The van der Waals surface area contributed by atoms with Crippen molar-refractivity contribution in [1.82, 2.24) is 15.1 Å². The van der Waals surface area contributed by atoms with E-state index in [4.69, 9.17) is 0 Å². The van der Waals surface area contributed by atoms with Crippen molar-refractivity contribution < 1.29 is 9.59 Å². The highest BCUT2D eigenvalue weighted by atomic mass is 16.2. The summed E-state index contributed by atoms with van der Waals surface area (Å²) in [5.41, 5.74) is 2.80. The molecule has 1 saturated heterocycles. The fraction of sp³-hybridized carbons (Fsp3) is 0.400. The largest absolute Gasteiger partial charge is 0.342 e. The van der Waals surface area contributed by atoms with Crippen LogP contribution in [-0.4, -0.2) is 40.0 Å². The zero-order valence-electron chi connectivity index (χ0n) is 15.5. The lowest BCUT2D eigenvalue weighted by atomic mass is 10.1. The molecule has 0 spiro atoms. The van der Waals surface area contributed by atoms with Gasteiger partial charge in [-0.2, -0.15) is 5.10 Å². The summed E-state index contributed by atoms with van der Waals surface area (Å²) < 4.78 is 0. The van der Waals surface area contributed by atoms with E-state index in [-0.39, 0.29) is 23.8 Å². The van der Waals surface area contributed by atoms with E-state index in [2.05, 4.69) is 15.5 Å². The fourth-order valence-electron chi connectivity index (χ4n) is 3.15. The number of aromatic nitrogens is 2. The molecule has 2 N–H and O–H groups in total. The van der Waals surface area contributed by atoms with Crippen LogP contribution in [0.5, 0.6) is 0 Å². The average Bonchev–Trinajstić information content (AvgIpc) is 2.87. The van der Waals surface area contributed by atoms with Gasteiger partial charge in [-0.05, 0) is 37.5 Å². The first-order valence-corrected chi connectivity index (χ1v) is 9.27. The Morgan fingerprint density at radius 1 is 1.19 bits per heavy atom. The van der Waals surface area contributed by atoms with Crippen LogP contribution in [0.2, 0.25) is 0 Å². The van der Waals surface area contributed by atoms with Crippen LogP contribution in [0.3, 0.4) is 0 Å². The Hall–Kier alpha value is -2.96. The number of carbonyl (C=O) groups excluding carboxylic acids is 2. The van der Waals surface area contributed by atoms with Gasteiger partial charge in [-0.3, -0.25) is 14.4 Å². The van der Waals surface area contributed by atoms with Gasteiger partial charge in [0.1, 0.15) is 0 Å². The van der Waals surface area contributed by atoms with E-state index in [0.717, 1.165) is 36.9 Å². The molecule has 2 amide bonds. The molecule has 1 aliphatic rings. The van der Waals surface area contributed by atoms with Crippen LogP contribution in [-0.2, 0) is 9.59 Å². The van der Waals surface area contributed by atoms with Crippen LogP contribution in [0.25, 0.3) is 11.3 Å². The van der Waals surface area contributed by atoms with Gasteiger partial charge in [-0.15, -0.1) is 0 Å². The van der Waals surface area contributed by atoms with Crippen molar-refractivity contribution in [3.05, 3.63) is 46.2 Å². The van der Waals surface area contributed by atoms with Crippen molar-refractivity contribution >= 4 is 17.5 Å². The van der Waals surface area contributed by atoms with E-state index in [1.807, 2.05) is 25.1 Å². The zero-order valence-corrected chi connectivity index (χ0v) is 15.5. The SMILES string of the molecule is Cc1ccc(-c2ccc(=O)[nH]n2)cc1NC(=O)CCN1CCCCCC1=O. The first-order chi connectivity index (χ1) is 13.0. The first-order valence-electron chi connectivity index (χ1n) is 9.27. The van der Waals surface area contributed by atoms with Crippen molar-refractivity contribution in [1.29, 1.82) is 0 Å². The first kappa shape index (κ1) is 18.8. The maximum absolute atomic E-state index is 12.4. The number of aryl methyl sites for hydroxylation is 1. The number of hydrogen-bond donors (Lipinski definition) is 2. The molecule has 142 valence electrons. The summed E-state index contributed by atoms with van der Waals surface area (Å²) in [6.45, 7) is 3.10. The van der Waals surface area contributed by atoms with E-state index in [9.17, 15) is 14.4 Å². The molecule has 2 heterocycles. The Morgan fingerprint density at radius 3 is 2.81 bits per heavy atom. The minimum absolute atomic E-state index is 0.123. The average molecular weight is 368 g/mol. The van der Waals surface area contributed by atoms with E-state index in [0.29, 0.717) is 24.3 Å². The number of benzene rings is 1. The topological polar surface area (TPSA) is 95.2 Å². The molecule has 7 nitrogen and oxygen atoms in total. The molecular weight excluding hydrogens is 344 g/mol. The van der Waals surface area contributed by atoms with Gasteiger partial charge in [0, 0.05) is 43.2 Å². The van der Waals surface area contributed by atoms with Gasteiger partial charge in [0.15, 0.2) is 0 Å². The number of H-pyrrole nitrogens is 1. The normalized spacial score (nSPS) is 14.7. The third-order valence-electron chi connectivity index (χ3n) is 4.77. The number of amides is 2. The lowest BCUT2D eigenvalue weighted by Crippen LogP contribution is -2.33. The number of likely N-dealkylation sites (tertiary alicyclic amines) is 1. The van der Waals surface area contributed by atoms with E-state index < -0.39 is 0 Å². The maximum atomic E-state index is 12.4. The molecule has 0 atom stereocenters. The van der Waals surface area contributed by atoms with Gasteiger partial charge in [0.2, 0.25) is 11.8 Å². The minimum atomic E-state index is -0.262. The van der Waals surface area contributed by atoms with Crippen LogP contribution in [0.15, 0.2) is 35.1 Å². The second kappa shape index (κ2) is 8.62. The highest BCUT2D eigenvalue weighted by Gasteiger charge is 2.17. The minimum Gasteiger partial charge on any atom is -0.342 e. The monoisotopic (exact) mass is 368 g/mol. The molecule has 27 heavy (non-hydrogen) atoms. The summed E-state index contributed by atoms with van der Waals surface area (Å²) in [4.78, 5) is 37.4. The van der Waals surface area contributed by atoms with Gasteiger partial charge in [-0.1, -0.05) is 18.6 Å². The Labute approximate surface area is 157 Å². The van der Waals surface area contributed by atoms with Crippen LogP contribution < -0.4 is 10.9 Å². The predicted molar refractivity (Wildman–Crippen MR) is 103 cm³/mol. The van der Waals surface area contributed by atoms with Crippen LogP contribution in [0, 0.1) is 6.92 Å². The number of carbonyl (C=O) groups is 2. The molecule has 3 rings (SSSR count). The van der Waals surface area contributed by atoms with Gasteiger partial charge in [0.05, 0.1) is 5.69 Å². The summed E-state index contributed by atoms with van der Waals surface area (Å²) in [5.74, 6) is 0.0179. The van der Waals surface area contributed by atoms with Crippen LogP contribution in [0.4, 0.5) is 5.69 Å². The molecule has 7 heteroatoms. The molecule has 1 aromatic heterocycles. The molecular formula is C20H24N4O3. The number of hydrogen-bond acceptors (Lipinski definition) is 4. The summed E-state index contributed by atoms with van der Waals surface area (Å²) >= 11 is 0. The van der Waals surface area contributed by atoms with Gasteiger partial charge in [0.25, 0.3) is 5.56 Å². The lowest BCUT2D eigenvalue weighted by molar-refractivity contribution is -0.131. The molecule has 0 aliphatic carbocycles. The predicted octanol–water partition coefficient (Wildman–Crippen LogP) is 2.48. The summed E-state index contributed by atoms with van der Waals surface area (Å²) in [7, 11) is 0. The second-order valence-corrected chi connectivity index (χ2v) is 6.83. The Morgan fingerprint density at radius 2 is 2.04 bits per heavy atom. The van der Waals surface area contributed by atoms with Crippen molar-refractivity contribution in [2.45, 2.75) is 39.0 Å². The van der Waals surface area contributed by atoms with Crippen LogP contribution in [0.1, 0.15) is 37.7 Å².